The van der Waals surface area contributed by atoms with Gasteiger partial charge in [-0.1, -0.05) is 37.6 Å². The van der Waals surface area contributed by atoms with Crippen molar-refractivity contribution in [1.29, 1.82) is 0 Å². The summed E-state index contributed by atoms with van der Waals surface area (Å²) in [7, 11) is 0. The summed E-state index contributed by atoms with van der Waals surface area (Å²) < 4.78 is 12.2. The molecule has 154 valence electrons. The summed E-state index contributed by atoms with van der Waals surface area (Å²) in [4.78, 5) is 13.0. The molecule has 4 fully saturated rings. The molecule has 5 rings (SSSR count). The van der Waals surface area contributed by atoms with Gasteiger partial charge in [-0.2, -0.15) is 0 Å². The molecule has 4 aliphatic carbocycles. The lowest BCUT2D eigenvalue weighted by molar-refractivity contribution is -0.197. The molecule has 5 heteroatoms. The average molecular weight is 389 g/mol. The van der Waals surface area contributed by atoms with Gasteiger partial charge in [-0.25, -0.2) is 0 Å². The second kappa shape index (κ2) is 6.00. The number of fused-ring (bicyclic) bond motifs is 7. The minimum Gasteiger partial charge on any atom is -0.393 e. The minimum absolute atomic E-state index is 0.108. The highest BCUT2D eigenvalue weighted by atomic mass is 16.7. The van der Waals surface area contributed by atoms with Crippen LogP contribution in [0.4, 0.5) is 0 Å². The Bertz CT molecular complexity index is 758. The molecule has 0 aromatic heterocycles. The first kappa shape index (κ1) is 19.0. The summed E-state index contributed by atoms with van der Waals surface area (Å²) in [5, 5.41) is 21.2. The molecule has 0 aromatic carbocycles. The van der Waals surface area contributed by atoms with Gasteiger partial charge >= 0.3 is 0 Å². The van der Waals surface area contributed by atoms with Crippen LogP contribution >= 0.6 is 0 Å². The Morgan fingerprint density at radius 1 is 1.36 bits per heavy atom. The van der Waals surface area contributed by atoms with E-state index in [1.807, 2.05) is 6.92 Å². The van der Waals surface area contributed by atoms with Crippen LogP contribution in [-0.2, 0) is 14.3 Å². The average Bonchev–Trinajstić information content (AvgIpc) is 3.11. The number of ketones is 1. The summed E-state index contributed by atoms with van der Waals surface area (Å²) in [6.45, 7) is 5.64. The summed E-state index contributed by atoms with van der Waals surface area (Å²) >= 11 is 0. The van der Waals surface area contributed by atoms with Crippen molar-refractivity contribution in [2.75, 3.05) is 6.61 Å². The van der Waals surface area contributed by atoms with Crippen LogP contribution in [0.15, 0.2) is 23.8 Å². The number of aliphatic hydroxyl groups excluding tert-OH is 2. The Morgan fingerprint density at radius 3 is 2.89 bits per heavy atom. The van der Waals surface area contributed by atoms with Crippen molar-refractivity contribution in [3.05, 3.63) is 23.8 Å². The lowest BCUT2D eigenvalue weighted by Gasteiger charge is -2.59. The maximum absolute atomic E-state index is 13.0. The molecule has 0 aromatic rings. The van der Waals surface area contributed by atoms with Gasteiger partial charge in [-0.3, -0.25) is 4.79 Å². The number of carbonyl (C=O) groups is 1. The number of hydrogen-bond donors (Lipinski definition) is 2. The first-order chi connectivity index (χ1) is 13.3. The number of hydrogen-bond acceptors (Lipinski definition) is 5. The first-order valence-corrected chi connectivity index (χ1v) is 10.8. The molecule has 0 bridgehead atoms. The maximum Gasteiger partial charge on any atom is 0.193 e. The normalized spacial score (nSPS) is 54.4. The third-order valence-electron chi connectivity index (χ3n) is 8.98. The molecule has 0 spiro atoms. The molecule has 0 radical (unpaired) electrons. The summed E-state index contributed by atoms with van der Waals surface area (Å²) in [5.41, 5.74) is -0.321. The zero-order valence-electron chi connectivity index (χ0n) is 17.1. The minimum atomic E-state index is -1.14. The predicted octanol–water partition coefficient (Wildman–Crippen LogP) is 2.76. The van der Waals surface area contributed by atoms with Crippen molar-refractivity contribution in [2.45, 2.75) is 77.0 Å². The molecule has 0 amide bonds. The van der Waals surface area contributed by atoms with Gasteiger partial charge in [0, 0.05) is 16.7 Å². The summed E-state index contributed by atoms with van der Waals surface area (Å²) in [5.74, 6) is 0.412. The Kier molecular flexibility index (Phi) is 4.07. The highest BCUT2D eigenvalue weighted by Gasteiger charge is 2.75. The quantitative estimate of drug-likeness (QED) is 0.712. The van der Waals surface area contributed by atoms with Crippen LogP contribution in [0.25, 0.3) is 0 Å². The van der Waals surface area contributed by atoms with Crippen LogP contribution in [0.1, 0.15) is 52.9 Å². The van der Waals surface area contributed by atoms with E-state index >= 15 is 0 Å². The highest BCUT2D eigenvalue weighted by Crippen LogP contribution is 2.69. The molecular weight excluding hydrogens is 356 g/mol. The zero-order valence-corrected chi connectivity index (χ0v) is 17.1. The van der Waals surface area contributed by atoms with Crippen LogP contribution in [0.3, 0.4) is 0 Å². The molecule has 1 unspecified atom stereocenters. The van der Waals surface area contributed by atoms with Crippen molar-refractivity contribution in [2.24, 2.45) is 28.6 Å². The standard InChI is InChI=1S/C23H32O5/c1-13-27-19-10-16-15-8-7-14-6-4-5-9-21(14,2)20(15)17(25)11-22(16,3)23(19,28-13)18(26)12-24/h5-6,9,13,15-17,19-20,24-25H,4,7-8,10-12H2,1-3H3/t13?,15-,16-,17-,19+,20+,21-,22-,23+/m0/s1. The van der Waals surface area contributed by atoms with Crippen LogP contribution in [0.2, 0.25) is 0 Å². The third-order valence-corrected chi connectivity index (χ3v) is 8.98. The Balaban J connectivity index is 1.59. The summed E-state index contributed by atoms with van der Waals surface area (Å²) in [6, 6.07) is 0. The number of carbonyl (C=O) groups excluding carboxylic acids is 1. The van der Waals surface area contributed by atoms with Gasteiger partial charge in [0.15, 0.2) is 17.7 Å². The van der Waals surface area contributed by atoms with E-state index in [2.05, 4.69) is 32.1 Å². The Hall–Kier alpha value is -1.01. The van der Waals surface area contributed by atoms with Gasteiger partial charge in [-0.15, -0.1) is 0 Å². The van der Waals surface area contributed by atoms with Crippen LogP contribution < -0.4 is 0 Å². The van der Waals surface area contributed by atoms with E-state index < -0.39 is 30.0 Å². The Morgan fingerprint density at radius 2 is 2.14 bits per heavy atom. The van der Waals surface area contributed by atoms with Crippen molar-refractivity contribution in [3.63, 3.8) is 0 Å². The van der Waals surface area contributed by atoms with E-state index in [-0.39, 0.29) is 29.1 Å². The van der Waals surface area contributed by atoms with E-state index in [0.717, 1.165) is 25.7 Å². The number of ether oxygens (including phenoxy) is 2. The molecular formula is C23H32O5. The lowest BCUT2D eigenvalue weighted by Crippen LogP contribution is -2.63. The molecule has 5 nitrogen and oxygen atoms in total. The molecule has 1 saturated heterocycles. The predicted molar refractivity (Wildman–Crippen MR) is 103 cm³/mol. The van der Waals surface area contributed by atoms with Gasteiger partial charge in [0.2, 0.25) is 0 Å². The molecule has 2 N–H and O–H groups in total. The number of rotatable bonds is 2. The van der Waals surface area contributed by atoms with Crippen LogP contribution in [0.5, 0.6) is 0 Å². The van der Waals surface area contributed by atoms with E-state index in [1.54, 1.807) is 0 Å². The van der Waals surface area contributed by atoms with Gasteiger partial charge in [0.05, 0.1) is 12.2 Å². The zero-order chi connectivity index (χ0) is 19.9. The maximum atomic E-state index is 13.0. The molecule has 1 aliphatic heterocycles. The lowest BCUT2D eigenvalue weighted by atomic mass is 9.46. The van der Waals surface area contributed by atoms with E-state index in [4.69, 9.17) is 9.47 Å². The van der Waals surface area contributed by atoms with Gasteiger partial charge in [0.1, 0.15) is 6.61 Å². The summed E-state index contributed by atoms with van der Waals surface area (Å²) in [6.07, 6.45) is 9.89. The van der Waals surface area contributed by atoms with E-state index in [0.29, 0.717) is 12.3 Å². The largest absolute Gasteiger partial charge is 0.393 e. The van der Waals surface area contributed by atoms with Crippen LogP contribution in [-0.4, -0.2) is 46.7 Å². The van der Waals surface area contributed by atoms with E-state index in [9.17, 15) is 15.0 Å². The second-order valence-electron chi connectivity index (χ2n) is 10.0. The fourth-order valence-corrected chi connectivity index (χ4v) is 8.01. The number of aliphatic hydroxyl groups is 2. The molecule has 3 saturated carbocycles. The fraction of sp³-hybridized carbons (Fsp3) is 0.783. The van der Waals surface area contributed by atoms with Gasteiger partial charge < -0.3 is 19.7 Å². The first-order valence-electron chi connectivity index (χ1n) is 10.8. The number of Topliss-reactive ketones (excluding diaryl/α,β-unsaturated/α-hetero) is 1. The molecule has 9 atom stereocenters. The fourth-order valence-electron chi connectivity index (χ4n) is 8.01. The van der Waals surface area contributed by atoms with Gasteiger partial charge in [-0.05, 0) is 50.9 Å². The smallest absolute Gasteiger partial charge is 0.193 e. The second-order valence-corrected chi connectivity index (χ2v) is 10.0. The SMILES string of the molecule is CC1O[C@@H]2C[C@H]3[C@@H]4CCC5=CCC=C[C@]5(C)[C@H]4[C@@H](O)C[C@]3(C)[C@]2(C(=O)CO)O1. The van der Waals surface area contributed by atoms with Crippen molar-refractivity contribution in [3.8, 4) is 0 Å². The van der Waals surface area contributed by atoms with Crippen molar-refractivity contribution >= 4 is 5.78 Å². The molecule has 28 heavy (non-hydrogen) atoms. The van der Waals surface area contributed by atoms with Crippen LogP contribution in [0, 0.1) is 28.6 Å². The third kappa shape index (κ3) is 2.09. The molecule has 5 aliphatic rings. The van der Waals surface area contributed by atoms with Gasteiger partial charge in [0.25, 0.3) is 0 Å². The monoisotopic (exact) mass is 388 g/mol. The van der Waals surface area contributed by atoms with Crippen molar-refractivity contribution in [1.82, 2.24) is 0 Å². The van der Waals surface area contributed by atoms with Crippen molar-refractivity contribution < 1.29 is 24.5 Å². The highest BCUT2D eigenvalue weighted by molar-refractivity contribution is 5.91. The topological polar surface area (TPSA) is 76.0 Å². The number of allylic oxidation sites excluding steroid dienone is 4. The van der Waals surface area contributed by atoms with E-state index in [1.165, 1.54) is 5.57 Å². The molecule has 1 heterocycles. The Labute approximate surface area is 166 Å².